The highest BCUT2D eigenvalue weighted by atomic mass is 32.2. The zero-order valence-corrected chi connectivity index (χ0v) is 12.0. The Morgan fingerprint density at radius 1 is 1.26 bits per heavy atom. The van der Waals surface area contributed by atoms with E-state index in [1.807, 2.05) is 32.0 Å². The Morgan fingerprint density at radius 3 is 2.53 bits per heavy atom. The monoisotopic (exact) mass is 279 g/mol. The van der Waals surface area contributed by atoms with Gasteiger partial charge in [0.05, 0.1) is 11.9 Å². The first kappa shape index (κ1) is 13.6. The number of H-pyrrole nitrogens is 1. The third kappa shape index (κ3) is 2.96. The minimum absolute atomic E-state index is 0.0727. The standard InChI is InChI=1S/C13H17N3O2S/c1-9(2)11-6-4-5-7-12(11)16-19(17,18)13-8-14-10(3)15-13/h4-9,16H,1-3H3,(H,14,15). The molecule has 19 heavy (non-hydrogen) atoms. The van der Waals surface area contributed by atoms with Gasteiger partial charge in [-0.15, -0.1) is 0 Å². The first-order chi connectivity index (χ1) is 8.90. The van der Waals surface area contributed by atoms with Crippen LogP contribution >= 0.6 is 0 Å². The van der Waals surface area contributed by atoms with Gasteiger partial charge in [-0.3, -0.25) is 4.72 Å². The molecule has 6 heteroatoms. The smallest absolute Gasteiger partial charge is 0.278 e. The average Bonchev–Trinajstić information content (AvgIpc) is 2.76. The number of nitrogens with zero attached hydrogens (tertiary/aromatic N) is 1. The van der Waals surface area contributed by atoms with Gasteiger partial charge < -0.3 is 4.98 Å². The maximum absolute atomic E-state index is 12.2. The van der Waals surface area contributed by atoms with Gasteiger partial charge in [-0.25, -0.2) is 4.98 Å². The van der Waals surface area contributed by atoms with Crippen molar-refractivity contribution < 1.29 is 8.42 Å². The Morgan fingerprint density at radius 2 is 1.95 bits per heavy atom. The summed E-state index contributed by atoms with van der Waals surface area (Å²) in [5.74, 6) is 0.805. The molecule has 0 saturated carbocycles. The normalized spacial score (nSPS) is 11.8. The largest absolute Gasteiger partial charge is 0.332 e. The van der Waals surface area contributed by atoms with Gasteiger partial charge in [0.2, 0.25) is 0 Å². The predicted molar refractivity (Wildman–Crippen MR) is 74.7 cm³/mol. The summed E-state index contributed by atoms with van der Waals surface area (Å²) in [5, 5.41) is 0.0727. The molecular formula is C13H17N3O2S. The molecule has 1 heterocycles. The highest BCUT2D eigenvalue weighted by Gasteiger charge is 2.18. The molecule has 0 spiro atoms. The SMILES string of the molecule is Cc1ncc(S(=O)(=O)Nc2ccccc2C(C)C)[nH]1. The maximum atomic E-state index is 12.2. The van der Waals surface area contributed by atoms with Gasteiger partial charge in [0.25, 0.3) is 10.0 Å². The summed E-state index contributed by atoms with van der Waals surface area (Å²) in [6.07, 6.45) is 1.32. The van der Waals surface area contributed by atoms with Gasteiger partial charge in [-0.05, 0) is 24.5 Å². The van der Waals surface area contributed by atoms with Crippen LogP contribution in [0.15, 0.2) is 35.5 Å². The second kappa shape index (κ2) is 5.05. The number of aryl methyl sites for hydroxylation is 1. The number of hydrogen-bond donors (Lipinski definition) is 2. The van der Waals surface area contributed by atoms with Crippen molar-refractivity contribution in [3.05, 3.63) is 41.9 Å². The molecule has 5 nitrogen and oxygen atoms in total. The van der Waals surface area contributed by atoms with E-state index in [-0.39, 0.29) is 10.9 Å². The van der Waals surface area contributed by atoms with E-state index >= 15 is 0 Å². The summed E-state index contributed by atoms with van der Waals surface area (Å²) >= 11 is 0. The third-order valence-corrected chi connectivity index (χ3v) is 4.07. The fraction of sp³-hybridized carbons (Fsp3) is 0.308. The summed E-state index contributed by atoms with van der Waals surface area (Å²) in [7, 11) is -3.62. The molecule has 0 bridgehead atoms. The minimum atomic E-state index is -3.62. The van der Waals surface area contributed by atoms with Crippen LogP contribution in [0.25, 0.3) is 0 Å². The summed E-state index contributed by atoms with van der Waals surface area (Å²) in [4.78, 5) is 6.63. The van der Waals surface area contributed by atoms with Crippen LogP contribution in [0, 0.1) is 6.92 Å². The minimum Gasteiger partial charge on any atom is -0.332 e. The zero-order chi connectivity index (χ0) is 14.0. The van der Waals surface area contributed by atoms with E-state index in [4.69, 9.17) is 0 Å². The topological polar surface area (TPSA) is 74.8 Å². The summed E-state index contributed by atoms with van der Waals surface area (Å²) in [5.41, 5.74) is 1.56. The maximum Gasteiger partial charge on any atom is 0.278 e. The molecule has 2 rings (SSSR count). The second-order valence-corrected chi connectivity index (χ2v) is 6.33. The van der Waals surface area contributed by atoms with Gasteiger partial charge >= 0.3 is 0 Å². The van der Waals surface area contributed by atoms with Crippen LogP contribution in [0.1, 0.15) is 31.2 Å². The Hall–Kier alpha value is -1.82. The van der Waals surface area contributed by atoms with Crippen LogP contribution in [-0.4, -0.2) is 18.4 Å². The molecule has 1 aromatic carbocycles. The first-order valence-corrected chi connectivity index (χ1v) is 7.52. The van der Waals surface area contributed by atoms with E-state index in [0.717, 1.165) is 5.56 Å². The molecule has 0 radical (unpaired) electrons. The number of rotatable bonds is 4. The van der Waals surface area contributed by atoms with Crippen molar-refractivity contribution in [2.45, 2.75) is 31.7 Å². The molecule has 102 valence electrons. The molecule has 0 amide bonds. The van der Waals surface area contributed by atoms with E-state index in [2.05, 4.69) is 14.7 Å². The number of aromatic nitrogens is 2. The first-order valence-electron chi connectivity index (χ1n) is 6.03. The van der Waals surface area contributed by atoms with Crippen LogP contribution in [-0.2, 0) is 10.0 Å². The quantitative estimate of drug-likeness (QED) is 0.903. The molecule has 0 saturated heterocycles. The Kier molecular flexibility index (Phi) is 3.61. The molecule has 0 unspecified atom stereocenters. The number of sulfonamides is 1. The van der Waals surface area contributed by atoms with Crippen molar-refractivity contribution in [2.24, 2.45) is 0 Å². The van der Waals surface area contributed by atoms with E-state index in [9.17, 15) is 8.42 Å². The molecule has 0 aliphatic rings. The Labute approximate surface area is 113 Å². The van der Waals surface area contributed by atoms with Gasteiger partial charge in [-0.1, -0.05) is 32.0 Å². The van der Waals surface area contributed by atoms with Crippen molar-refractivity contribution in [3.8, 4) is 0 Å². The fourth-order valence-electron chi connectivity index (χ4n) is 1.83. The molecule has 2 N–H and O–H groups in total. The van der Waals surface area contributed by atoms with Crippen molar-refractivity contribution in [1.29, 1.82) is 0 Å². The number of aromatic amines is 1. The second-order valence-electron chi connectivity index (χ2n) is 4.68. The van der Waals surface area contributed by atoms with E-state index < -0.39 is 10.0 Å². The van der Waals surface area contributed by atoms with Crippen LogP contribution in [0.4, 0.5) is 5.69 Å². The zero-order valence-electron chi connectivity index (χ0n) is 11.1. The predicted octanol–water partition coefficient (Wildman–Crippen LogP) is 2.64. The van der Waals surface area contributed by atoms with Crippen LogP contribution in [0.5, 0.6) is 0 Å². The number of hydrogen-bond acceptors (Lipinski definition) is 3. The third-order valence-electron chi connectivity index (χ3n) is 2.80. The Balaban J connectivity index is 2.36. The van der Waals surface area contributed by atoms with Crippen LogP contribution in [0.2, 0.25) is 0 Å². The van der Waals surface area contributed by atoms with Gasteiger partial charge in [0.15, 0.2) is 5.03 Å². The molecule has 1 aromatic heterocycles. The van der Waals surface area contributed by atoms with Gasteiger partial charge in [0.1, 0.15) is 5.82 Å². The molecule has 0 aliphatic carbocycles. The summed E-state index contributed by atoms with van der Waals surface area (Å²) in [6.45, 7) is 5.75. The number of anilines is 1. The van der Waals surface area contributed by atoms with Crippen molar-refractivity contribution in [2.75, 3.05) is 4.72 Å². The number of nitrogens with one attached hydrogen (secondary N) is 2. The lowest BCUT2D eigenvalue weighted by molar-refractivity contribution is 0.598. The molecule has 0 aliphatic heterocycles. The lowest BCUT2D eigenvalue weighted by atomic mass is 10.0. The van der Waals surface area contributed by atoms with Crippen molar-refractivity contribution in [1.82, 2.24) is 9.97 Å². The van der Waals surface area contributed by atoms with E-state index in [0.29, 0.717) is 11.5 Å². The van der Waals surface area contributed by atoms with E-state index in [1.54, 1.807) is 13.0 Å². The van der Waals surface area contributed by atoms with Crippen molar-refractivity contribution >= 4 is 15.7 Å². The van der Waals surface area contributed by atoms with Crippen LogP contribution < -0.4 is 4.72 Å². The molecule has 0 fully saturated rings. The lowest BCUT2D eigenvalue weighted by Crippen LogP contribution is -2.15. The number of benzene rings is 1. The Bertz CT molecular complexity index is 675. The molecule has 0 atom stereocenters. The van der Waals surface area contributed by atoms with Crippen LogP contribution in [0.3, 0.4) is 0 Å². The summed E-state index contributed by atoms with van der Waals surface area (Å²) < 4.78 is 27.0. The number of para-hydroxylation sites is 1. The fourth-order valence-corrected chi connectivity index (χ4v) is 2.89. The molecule has 2 aromatic rings. The highest BCUT2D eigenvalue weighted by Crippen LogP contribution is 2.25. The highest BCUT2D eigenvalue weighted by molar-refractivity contribution is 7.92. The van der Waals surface area contributed by atoms with E-state index in [1.165, 1.54) is 6.20 Å². The number of imidazole rings is 1. The lowest BCUT2D eigenvalue weighted by Gasteiger charge is -2.13. The average molecular weight is 279 g/mol. The van der Waals surface area contributed by atoms with Gasteiger partial charge in [0, 0.05) is 0 Å². The molecular weight excluding hydrogens is 262 g/mol. The summed E-state index contributed by atoms with van der Waals surface area (Å²) in [6, 6.07) is 7.38. The van der Waals surface area contributed by atoms with Crippen molar-refractivity contribution in [3.63, 3.8) is 0 Å². The van der Waals surface area contributed by atoms with Gasteiger partial charge in [-0.2, -0.15) is 8.42 Å².